The number of aromatic amines is 1. The summed E-state index contributed by atoms with van der Waals surface area (Å²) in [4.78, 5) is 31.4. The summed E-state index contributed by atoms with van der Waals surface area (Å²) in [6.07, 6.45) is 1.86. The van der Waals surface area contributed by atoms with Crippen molar-refractivity contribution < 1.29 is 14.0 Å². The van der Waals surface area contributed by atoms with Crippen molar-refractivity contribution in [1.29, 1.82) is 0 Å². The van der Waals surface area contributed by atoms with E-state index in [4.69, 9.17) is 11.6 Å². The Morgan fingerprint density at radius 3 is 2.80 bits per heavy atom. The molecule has 2 aliphatic rings. The highest BCUT2D eigenvalue weighted by Gasteiger charge is 2.54. The van der Waals surface area contributed by atoms with Crippen LogP contribution in [0.1, 0.15) is 23.7 Å². The molecule has 152 valence electrons. The maximum Gasteiger partial charge on any atom is 0.275 e. The predicted molar refractivity (Wildman–Crippen MR) is 112 cm³/mol. The van der Waals surface area contributed by atoms with E-state index in [1.807, 2.05) is 24.3 Å². The lowest BCUT2D eigenvalue weighted by atomic mass is 9.83. The van der Waals surface area contributed by atoms with Gasteiger partial charge in [-0.3, -0.25) is 9.59 Å². The topological polar surface area (TPSA) is 68.8 Å². The fourth-order valence-corrected chi connectivity index (χ4v) is 4.66. The smallest absolute Gasteiger partial charge is 0.275 e. The zero-order valence-electron chi connectivity index (χ0n) is 16.2. The van der Waals surface area contributed by atoms with Gasteiger partial charge in [0.1, 0.15) is 12.4 Å². The monoisotopic (exact) mass is 424 g/mol. The SMILES string of the molecule is CC12C(=O)N(N=Cc3c(F)cccc3Cl)CC(=O)N1CCc1c2[nH]c2ccccc12. The van der Waals surface area contributed by atoms with Crippen LogP contribution in [0.4, 0.5) is 4.39 Å². The van der Waals surface area contributed by atoms with Gasteiger partial charge in [-0.25, -0.2) is 9.40 Å². The first-order chi connectivity index (χ1) is 14.4. The number of para-hydroxylation sites is 1. The van der Waals surface area contributed by atoms with Crippen molar-refractivity contribution in [3.05, 3.63) is 70.1 Å². The predicted octanol–water partition coefficient (Wildman–Crippen LogP) is 3.44. The van der Waals surface area contributed by atoms with Gasteiger partial charge in [0, 0.05) is 23.0 Å². The molecule has 1 aromatic heterocycles. The van der Waals surface area contributed by atoms with E-state index in [9.17, 15) is 14.0 Å². The van der Waals surface area contributed by atoms with E-state index < -0.39 is 11.4 Å². The number of hydrogen-bond acceptors (Lipinski definition) is 3. The Hall–Kier alpha value is -3.19. The van der Waals surface area contributed by atoms with Crippen LogP contribution in [-0.2, 0) is 21.5 Å². The minimum absolute atomic E-state index is 0.0712. The maximum atomic E-state index is 14.1. The summed E-state index contributed by atoms with van der Waals surface area (Å²) in [5, 5.41) is 6.47. The molecule has 1 atom stereocenters. The van der Waals surface area contributed by atoms with E-state index in [-0.39, 0.29) is 28.9 Å². The normalized spacial score (nSPS) is 21.4. The standard InChI is InChI=1S/C22H18ClFN4O2/c1-22-20-14(13-5-2-3-8-18(13)26-20)9-10-27(22)19(29)12-28(21(22)30)25-11-15-16(23)6-4-7-17(15)24/h2-8,11,26H,9-10,12H2,1H3. The minimum atomic E-state index is -1.21. The fourth-order valence-electron chi connectivity index (χ4n) is 4.45. The van der Waals surface area contributed by atoms with Gasteiger partial charge < -0.3 is 9.88 Å². The zero-order valence-corrected chi connectivity index (χ0v) is 16.9. The molecule has 0 saturated carbocycles. The quantitative estimate of drug-likeness (QED) is 0.640. The van der Waals surface area contributed by atoms with Gasteiger partial charge in [0.05, 0.1) is 16.9 Å². The number of hydrogen-bond donors (Lipinski definition) is 1. The summed E-state index contributed by atoms with van der Waals surface area (Å²) >= 11 is 6.05. The number of benzene rings is 2. The lowest BCUT2D eigenvalue weighted by Gasteiger charge is -2.48. The summed E-state index contributed by atoms with van der Waals surface area (Å²) in [6, 6.07) is 12.1. The van der Waals surface area contributed by atoms with Crippen molar-refractivity contribution in [1.82, 2.24) is 14.9 Å². The number of amides is 2. The Morgan fingerprint density at radius 2 is 2.00 bits per heavy atom. The second kappa shape index (κ2) is 6.67. The van der Waals surface area contributed by atoms with Crippen molar-refractivity contribution in [2.75, 3.05) is 13.1 Å². The van der Waals surface area contributed by atoms with Gasteiger partial charge in [0.25, 0.3) is 5.91 Å². The Bertz CT molecular complexity index is 1220. The highest BCUT2D eigenvalue weighted by Crippen LogP contribution is 2.41. The molecule has 0 aliphatic carbocycles. The molecule has 30 heavy (non-hydrogen) atoms. The van der Waals surface area contributed by atoms with E-state index >= 15 is 0 Å². The molecule has 2 aliphatic heterocycles. The van der Waals surface area contributed by atoms with E-state index in [2.05, 4.69) is 10.1 Å². The number of H-pyrrole nitrogens is 1. The zero-order chi connectivity index (χ0) is 21.0. The van der Waals surface area contributed by atoms with Crippen LogP contribution < -0.4 is 0 Å². The number of nitrogens with one attached hydrogen (secondary N) is 1. The number of piperazine rings is 1. The molecular weight excluding hydrogens is 407 g/mol. The van der Waals surface area contributed by atoms with E-state index in [1.54, 1.807) is 11.8 Å². The van der Waals surface area contributed by atoms with Crippen LogP contribution >= 0.6 is 11.6 Å². The van der Waals surface area contributed by atoms with Gasteiger partial charge in [-0.1, -0.05) is 35.9 Å². The summed E-state index contributed by atoms with van der Waals surface area (Å²) in [6.45, 7) is 1.98. The van der Waals surface area contributed by atoms with Gasteiger partial charge in [0.2, 0.25) is 5.91 Å². The summed E-state index contributed by atoms with van der Waals surface area (Å²) in [5.74, 6) is -1.11. The van der Waals surface area contributed by atoms with Gasteiger partial charge in [-0.15, -0.1) is 0 Å². The van der Waals surface area contributed by atoms with Crippen molar-refractivity contribution >= 4 is 40.5 Å². The third-order valence-electron chi connectivity index (χ3n) is 5.99. The average molecular weight is 425 g/mol. The third kappa shape index (κ3) is 2.58. The van der Waals surface area contributed by atoms with E-state index in [1.165, 1.54) is 24.4 Å². The first kappa shape index (κ1) is 18.8. The van der Waals surface area contributed by atoms with Crippen LogP contribution in [0.2, 0.25) is 5.02 Å². The molecule has 6 nitrogen and oxygen atoms in total. The summed E-state index contributed by atoms with van der Waals surface area (Å²) in [7, 11) is 0. The second-order valence-electron chi connectivity index (χ2n) is 7.63. The largest absolute Gasteiger partial charge is 0.356 e. The number of halogens is 2. The fraction of sp³-hybridized carbons (Fsp3) is 0.227. The molecule has 3 aromatic rings. The number of hydrazone groups is 1. The Labute approximate surface area is 176 Å². The summed E-state index contributed by atoms with van der Waals surface area (Å²) < 4.78 is 14.1. The Kier molecular flexibility index (Phi) is 4.18. The van der Waals surface area contributed by atoms with Crippen LogP contribution in [-0.4, -0.2) is 46.0 Å². The van der Waals surface area contributed by atoms with Crippen molar-refractivity contribution in [2.45, 2.75) is 18.9 Å². The molecule has 3 heterocycles. The van der Waals surface area contributed by atoms with Gasteiger partial charge in [-0.05, 0) is 37.1 Å². The molecule has 1 unspecified atom stereocenters. The lowest BCUT2D eigenvalue weighted by Crippen LogP contribution is -2.65. The maximum absolute atomic E-state index is 14.1. The molecule has 0 spiro atoms. The van der Waals surface area contributed by atoms with Gasteiger partial charge in [-0.2, -0.15) is 5.10 Å². The summed E-state index contributed by atoms with van der Waals surface area (Å²) in [5.41, 5.74) is 1.52. The number of aromatic nitrogens is 1. The Morgan fingerprint density at radius 1 is 1.20 bits per heavy atom. The molecule has 8 heteroatoms. The first-order valence-corrected chi connectivity index (χ1v) is 9.99. The number of carbonyl (C=O) groups is 2. The van der Waals surface area contributed by atoms with Crippen molar-refractivity contribution in [3.8, 4) is 0 Å². The molecule has 1 saturated heterocycles. The molecule has 2 aromatic carbocycles. The second-order valence-corrected chi connectivity index (χ2v) is 8.04. The van der Waals surface area contributed by atoms with Crippen molar-refractivity contribution in [3.63, 3.8) is 0 Å². The molecule has 1 N–H and O–H groups in total. The Balaban J connectivity index is 1.58. The van der Waals surface area contributed by atoms with Crippen LogP contribution in [0, 0.1) is 5.82 Å². The number of rotatable bonds is 2. The molecule has 2 amide bonds. The van der Waals surface area contributed by atoms with Crippen molar-refractivity contribution in [2.24, 2.45) is 5.10 Å². The van der Waals surface area contributed by atoms with Crippen LogP contribution in [0.5, 0.6) is 0 Å². The van der Waals surface area contributed by atoms with Gasteiger partial charge >= 0.3 is 0 Å². The molecule has 1 fully saturated rings. The van der Waals surface area contributed by atoms with E-state index in [0.29, 0.717) is 18.7 Å². The molecule has 5 rings (SSSR count). The third-order valence-corrected chi connectivity index (χ3v) is 6.32. The minimum Gasteiger partial charge on any atom is -0.356 e. The highest BCUT2D eigenvalue weighted by atomic mass is 35.5. The average Bonchev–Trinajstić information content (AvgIpc) is 3.11. The lowest BCUT2D eigenvalue weighted by molar-refractivity contribution is -0.165. The van der Waals surface area contributed by atoms with Gasteiger partial charge in [0.15, 0.2) is 5.54 Å². The van der Waals surface area contributed by atoms with E-state index in [0.717, 1.165) is 21.5 Å². The number of carbonyl (C=O) groups excluding carboxylic acids is 2. The number of fused-ring (bicyclic) bond motifs is 5. The van der Waals surface area contributed by atoms with Crippen LogP contribution in [0.25, 0.3) is 10.9 Å². The first-order valence-electron chi connectivity index (χ1n) is 9.61. The molecule has 0 radical (unpaired) electrons. The molecule has 0 bridgehead atoms. The van der Waals surface area contributed by atoms with Crippen LogP contribution in [0.15, 0.2) is 47.6 Å². The van der Waals surface area contributed by atoms with Crippen LogP contribution in [0.3, 0.4) is 0 Å². The molecular formula is C22H18ClFN4O2. The number of nitrogens with zero attached hydrogens (tertiary/aromatic N) is 3. The highest BCUT2D eigenvalue weighted by molar-refractivity contribution is 6.33.